The molecule has 0 fully saturated rings. The molecule has 0 saturated heterocycles. The number of carboxylic acid groups (broad SMARTS) is 1. The summed E-state index contributed by atoms with van der Waals surface area (Å²) in [5.74, 6) is -0.329. The first kappa shape index (κ1) is 29.3. The van der Waals surface area contributed by atoms with Gasteiger partial charge >= 0.3 is 12.2 Å². The first-order valence-electron chi connectivity index (χ1n) is 12.7. The molecule has 8 heteroatoms. The minimum atomic E-state index is -1.24. The molecule has 0 saturated carbocycles. The van der Waals surface area contributed by atoms with Crippen LogP contribution in [0.15, 0.2) is 30.3 Å². The second-order valence-corrected chi connectivity index (χ2v) is 8.61. The lowest BCUT2D eigenvalue weighted by Crippen LogP contribution is -2.46. The van der Waals surface area contributed by atoms with Crippen molar-refractivity contribution < 1.29 is 24.2 Å². The molecule has 1 atom stereocenters. The van der Waals surface area contributed by atoms with E-state index in [2.05, 4.69) is 22.9 Å². The van der Waals surface area contributed by atoms with Crippen LogP contribution in [-0.4, -0.2) is 42.3 Å². The number of amides is 3. The highest BCUT2D eigenvalue weighted by molar-refractivity contribution is 5.85. The van der Waals surface area contributed by atoms with Crippen LogP contribution in [0.25, 0.3) is 0 Å². The molecule has 34 heavy (non-hydrogen) atoms. The van der Waals surface area contributed by atoms with Crippen LogP contribution in [0.3, 0.4) is 0 Å². The van der Waals surface area contributed by atoms with Gasteiger partial charge in [-0.05, 0) is 24.8 Å². The van der Waals surface area contributed by atoms with Crippen molar-refractivity contribution in [1.29, 1.82) is 0 Å². The van der Waals surface area contributed by atoms with Crippen molar-refractivity contribution in [2.45, 2.75) is 96.6 Å². The third kappa shape index (κ3) is 15.9. The smallest absolute Gasteiger partial charge is 0.407 e. The predicted octanol–water partition coefficient (Wildman–Crippen LogP) is 5.37. The van der Waals surface area contributed by atoms with E-state index < -0.39 is 18.2 Å². The fourth-order valence-corrected chi connectivity index (χ4v) is 3.64. The average Bonchev–Trinajstić information content (AvgIpc) is 2.83. The lowest BCUT2D eigenvalue weighted by molar-refractivity contribution is -0.123. The fraction of sp³-hybridized carbons (Fsp3) is 0.654. The monoisotopic (exact) mass is 477 g/mol. The van der Waals surface area contributed by atoms with Gasteiger partial charge in [0.2, 0.25) is 5.91 Å². The SMILES string of the molecule is CCCCCCCCCCCCNC(=O)[C@H](CCCNC(=O)OCc1ccccc1)NC(=O)O. The molecule has 1 aromatic carbocycles. The summed E-state index contributed by atoms with van der Waals surface area (Å²) in [6, 6.07) is 8.51. The van der Waals surface area contributed by atoms with E-state index >= 15 is 0 Å². The number of unbranched alkanes of at least 4 members (excludes halogenated alkanes) is 9. The summed E-state index contributed by atoms with van der Waals surface area (Å²) in [4.78, 5) is 35.2. The lowest BCUT2D eigenvalue weighted by atomic mass is 10.1. The molecule has 0 unspecified atom stereocenters. The third-order valence-corrected chi connectivity index (χ3v) is 5.60. The van der Waals surface area contributed by atoms with E-state index in [-0.39, 0.29) is 25.5 Å². The Morgan fingerprint density at radius 2 is 1.41 bits per heavy atom. The van der Waals surface area contributed by atoms with E-state index in [1.54, 1.807) is 0 Å². The number of carbonyl (C=O) groups excluding carboxylic acids is 2. The van der Waals surface area contributed by atoms with Crippen molar-refractivity contribution >= 4 is 18.1 Å². The Morgan fingerprint density at radius 1 is 0.824 bits per heavy atom. The molecule has 0 aromatic heterocycles. The topological polar surface area (TPSA) is 117 Å². The summed E-state index contributed by atoms with van der Waals surface area (Å²) in [6.45, 7) is 3.23. The van der Waals surface area contributed by atoms with Crippen molar-refractivity contribution in [3.63, 3.8) is 0 Å². The Balaban J connectivity index is 2.13. The Bertz CT molecular complexity index is 684. The summed E-state index contributed by atoms with van der Waals surface area (Å²) in [5, 5.41) is 16.7. The molecular formula is C26H43N3O5. The summed E-state index contributed by atoms with van der Waals surface area (Å²) < 4.78 is 5.13. The highest BCUT2D eigenvalue weighted by Crippen LogP contribution is 2.10. The standard InChI is InChI=1S/C26H43N3O5/c1-2-3-4-5-6-7-8-9-10-14-19-27-24(30)23(29-25(31)32)18-15-20-28-26(33)34-21-22-16-12-11-13-17-22/h11-13,16-17,23,29H,2-10,14-15,18-21H2,1H3,(H,27,30)(H,28,33)(H,31,32)/t23-/m0/s1. The summed E-state index contributed by atoms with van der Waals surface area (Å²) in [6.07, 6.45) is 11.1. The molecular weight excluding hydrogens is 434 g/mol. The molecule has 0 heterocycles. The van der Waals surface area contributed by atoms with E-state index in [0.29, 0.717) is 13.0 Å². The number of rotatable bonds is 19. The molecule has 8 nitrogen and oxygen atoms in total. The van der Waals surface area contributed by atoms with Crippen LogP contribution in [-0.2, 0) is 16.1 Å². The van der Waals surface area contributed by atoms with Crippen molar-refractivity contribution in [3.8, 4) is 0 Å². The normalized spacial score (nSPS) is 11.4. The van der Waals surface area contributed by atoms with Gasteiger partial charge in [-0.1, -0.05) is 95.0 Å². The minimum Gasteiger partial charge on any atom is -0.465 e. The second kappa shape index (κ2) is 19.7. The zero-order valence-corrected chi connectivity index (χ0v) is 20.7. The maximum Gasteiger partial charge on any atom is 0.407 e. The zero-order chi connectivity index (χ0) is 24.9. The Kier molecular flexibility index (Phi) is 16.9. The number of benzene rings is 1. The van der Waals surface area contributed by atoms with Gasteiger partial charge in [0.15, 0.2) is 0 Å². The van der Waals surface area contributed by atoms with E-state index in [1.165, 1.54) is 44.9 Å². The number of hydrogen-bond donors (Lipinski definition) is 4. The van der Waals surface area contributed by atoms with Gasteiger partial charge in [-0.3, -0.25) is 4.79 Å². The van der Waals surface area contributed by atoms with Crippen LogP contribution in [0.1, 0.15) is 89.5 Å². The van der Waals surface area contributed by atoms with E-state index in [1.807, 2.05) is 30.3 Å². The molecule has 0 spiro atoms. The number of nitrogens with one attached hydrogen (secondary N) is 3. The molecule has 0 aliphatic heterocycles. The van der Waals surface area contributed by atoms with Gasteiger partial charge in [0.1, 0.15) is 12.6 Å². The van der Waals surface area contributed by atoms with Crippen molar-refractivity contribution in [2.24, 2.45) is 0 Å². The van der Waals surface area contributed by atoms with Gasteiger partial charge in [0.05, 0.1) is 0 Å². The van der Waals surface area contributed by atoms with E-state index in [9.17, 15) is 14.4 Å². The van der Waals surface area contributed by atoms with Gasteiger partial charge in [0, 0.05) is 13.1 Å². The van der Waals surface area contributed by atoms with Crippen LogP contribution < -0.4 is 16.0 Å². The second-order valence-electron chi connectivity index (χ2n) is 8.61. The highest BCUT2D eigenvalue weighted by Gasteiger charge is 2.19. The maximum atomic E-state index is 12.4. The van der Waals surface area contributed by atoms with Crippen LogP contribution in [0.4, 0.5) is 9.59 Å². The van der Waals surface area contributed by atoms with Crippen molar-refractivity contribution in [3.05, 3.63) is 35.9 Å². The number of alkyl carbamates (subject to hydrolysis) is 1. The fourth-order valence-electron chi connectivity index (χ4n) is 3.64. The minimum absolute atomic E-state index is 0.178. The van der Waals surface area contributed by atoms with Gasteiger partial charge < -0.3 is 25.8 Å². The molecule has 3 amide bonds. The van der Waals surface area contributed by atoms with Crippen LogP contribution in [0.5, 0.6) is 0 Å². The number of carbonyl (C=O) groups is 3. The molecule has 1 aromatic rings. The third-order valence-electron chi connectivity index (χ3n) is 5.60. The van der Waals surface area contributed by atoms with Crippen LogP contribution in [0.2, 0.25) is 0 Å². The largest absolute Gasteiger partial charge is 0.465 e. The lowest BCUT2D eigenvalue weighted by Gasteiger charge is -2.17. The molecule has 0 aliphatic carbocycles. The number of hydrogen-bond acceptors (Lipinski definition) is 4. The van der Waals surface area contributed by atoms with Crippen LogP contribution >= 0.6 is 0 Å². The summed E-state index contributed by atoms with van der Waals surface area (Å²) in [7, 11) is 0. The van der Waals surface area contributed by atoms with Gasteiger partial charge in [0.25, 0.3) is 0 Å². The van der Waals surface area contributed by atoms with Gasteiger partial charge in [-0.15, -0.1) is 0 Å². The van der Waals surface area contributed by atoms with E-state index in [4.69, 9.17) is 9.84 Å². The van der Waals surface area contributed by atoms with Crippen molar-refractivity contribution in [2.75, 3.05) is 13.1 Å². The Hall–Kier alpha value is -2.77. The maximum absolute atomic E-state index is 12.4. The quantitative estimate of drug-likeness (QED) is 0.200. The van der Waals surface area contributed by atoms with Gasteiger partial charge in [-0.25, -0.2) is 9.59 Å². The average molecular weight is 478 g/mol. The molecule has 0 aliphatic rings. The first-order valence-corrected chi connectivity index (χ1v) is 12.7. The number of ether oxygens (including phenoxy) is 1. The Labute approximate surface area is 204 Å². The molecule has 4 N–H and O–H groups in total. The molecule has 0 bridgehead atoms. The molecule has 192 valence electrons. The zero-order valence-electron chi connectivity index (χ0n) is 20.7. The predicted molar refractivity (Wildman–Crippen MR) is 134 cm³/mol. The Morgan fingerprint density at radius 3 is 2.03 bits per heavy atom. The molecule has 1 rings (SSSR count). The van der Waals surface area contributed by atoms with Crippen LogP contribution in [0, 0.1) is 0 Å². The summed E-state index contributed by atoms with van der Waals surface area (Å²) >= 11 is 0. The first-order chi connectivity index (χ1) is 16.5. The van der Waals surface area contributed by atoms with Crippen molar-refractivity contribution in [1.82, 2.24) is 16.0 Å². The molecule has 0 radical (unpaired) electrons. The highest BCUT2D eigenvalue weighted by atomic mass is 16.5. The van der Waals surface area contributed by atoms with Gasteiger partial charge in [-0.2, -0.15) is 0 Å². The van der Waals surface area contributed by atoms with E-state index in [0.717, 1.165) is 24.8 Å². The summed E-state index contributed by atoms with van der Waals surface area (Å²) in [5.41, 5.74) is 0.891.